The molecule has 0 spiro atoms. The Labute approximate surface area is 173 Å². The van der Waals surface area contributed by atoms with Crippen molar-refractivity contribution in [1.82, 2.24) is 0 Å². The van der Waals surface area contributed by atoms with Crippen LogP contribution in [0.15, 0.2) is 47.4 Å². The lowest BCUT2D eigenvalue weighted by Crippen LogP contribution is -2.31. The van der Waals surface area contributed by atoms with Gasteiger partial charge in [0, 0.05) is 11.6 Å². The number of halogens is 4. The molecule has 0 bridgehead atoms. The SMILES string of the molecule is CC(C)c1ccc(C(F)(F)F)cc1S(=O)(=O)C1CCOC(c2ccc(Cl)cc2)C1. The van der Waals surface area contributed by atoms with Crippen LogP contribution in [-0.4, -0.2) is 20.3 Å². The minimum absolute atomic E-state index is 0.178. The fourth-order valence-electron chi connectivity index (χ4n) is 3.57. The number of ether oxygens (including phenoxy) is 1. The molecule has 1 heterocycles. The van der Waals surface area contributed by atoms with Crippen LogP contribution in [0, 0.1) is 0 Å². The van der Waals surface area contributed by atoms with Crippen LogP contribution < -0.4 is 0 Å². The van der Waals surface area contributed by atoms with Crippen molar-refractivity contribution in [1.29, 1.82) is 0 Å². The third-order valence-electron chi connectivity index (χ3n) is 5.19. The number of benzene rings is 2. The van der Waals surface area contributed by atoms with Crippen molar-refractivity contribution in [2.75, 3.05) is 6.61 Å². The molecule has 0 aromatic heterocycles. The Morgan fingerprint density at radius 1 is 1.10 bits per heavy atom. The van der Waals surface area contributed by atoms with Crippen LogP contribution >= 0.6 is 11.6 Å². The molecule has 0 amide bonds. The van der Waals surface area contributed by atoms with E-state index in [1.54, 1.807) is 38.1 Å². The maximum absolute atomic E-state index is 13.4. The quantitative estimate of drug-likeness (QED) is 0.563. The summed E-state index contributed by atoms with van der Waals surface area (Å²) in [4.78, 5) is -0.232. The Bertz CT molecular complexity index is 970. The van der Waals surface area contributed by atoms with Crippen LogP contribution in [0.25, 0.3) is 0 Å². The average Bonchev–Trinajstić information content (AvgIpc) is 2.67. The van der Waals surface area contributed by atoms with E-state index in [2.05, 4.69) is 0 Å². The lowest BCUT2D eigenvalue weighted by molar-refractivity contribution is -0.137. The number of sulfone groups is 1. The van der Waals surface area contributed by atoms with Gasteiger partial charge in [-0.3, -0.25) is 0 Å². The number of alkyl halides is 3. The van der Waals surface area contributed by atoms with Crippen molar-refractivity contribution in [2.45, 2.75) is 55.0 Å². The second-order valence-electron chi connectivity index (χ2n) is 7.51. The molecule has 0 aliphatic carbocycles. The van der Waals surface area contributed by atoms with Crippen molar-refractivity contribution >= 4 is 21.4 Å². The van der Waals surface area contributed by atoms with E-state index in [9.17, 15) is 21.6 Å². The van der Waals surface area contributed by atoms with Crippen LogP contribution in [0.2, 0.25) is 5.02 Å². The Hall–Kier alpha value is -1.57. The maximum atomic E-state index is 13.4. The Morgan fingerprint density at radius 2 is 1.76 bits per heavy atom. The van der Waals surface area contributed by atoms with E-state index in [-0.39, 0.29) is 30.3 Å². The van der Waals surface area contributed by atoms with Crippen LogP contribution in [-0.2, 0) is 20.8 Å². The van der Waals surface area contributed by atoms with E-state index in [0.717, 1.165) is 17.7 Å². The highest BCUT2D eigenvalue weighted by Crippen LogP contribution is 2.39. The first-order chi connectivity index (χ1) is 13.5. The van der Waals surface area contributed by atoms with Crippen LogP contribution in [0.3, 0.4) is 0 Å². The average molecular weight is 447 g/mol. The van der Waals surface area contributed by atoms with Gasteiger partial charge >= 0.3 is 6.18 Å². The molecule has 3 nitrogen and oxygen atoms in total. The standard InChI is InChI=1S/C21H22ClF3O3S/c1-13(2)18-8-5-15(21(23,24)25)11-20(18)29(26,27)17-9-10-28-19(12-17)14-3-6-16(22)7-4-14/h3-8,11,13,17,19H,9-10,12H2,1-2H3. The smallest absolute Gasteiger partial charge is 0.373 e. The lowest BCUT2D eigenvalue weighted by Gasteiger charge is -2.30. The fraction of sp³-hybridized carbons (Fsp3) is 0.429. The van der Waals surface area contributed by atoms with Gasteiger partial charge in [0.25, 0.3) is 0 Å². The van der Waals surface area contributed by atoms with Gasteiger partial charge in [-0.1, -0.05) is 43.6 Å². The van der Waals surface area contributed by atoms with Crippen LogP contribution in [0.4, 0.5) is 13.2 Å². The minimum Gasteiger partial charge on any atom is -0.373 e. The molecule has 0 radical (unpaired) electrons. The van der Waals surface area contributed by atoms with Gasteiger partial charge in [-0.2, -0.15) is 13.2 Å². The first-order valence-corrected chi connectivity index (χ1v) is 11.2. The van der Waals surface area contributed by atoms with Crippen molar-refractivity contribution in [3.05, 3.63) is 64.2 Å². The van der Waals surface area contributed by atoms with Gasteiger partial charge in [-0.05, 0) is 54.2 Å². The van der Waals surface area contributed by atoms with Gasteiger partial charge < -0.3 is 4.74 Å². The summed E-state index contributed by atoms with van der Waals surface area (Å²) in [5, 5.41) is -0.266. The Kier molecular flexibility index (Phi) is 6.32. The predicted molar refractivity (Wildman–Crippen MR) is 106 cm³/mol. The monoisotopic (exact) mass is 446 g/mol. The molecule has 0 N–H and O–H groups in total. The van der Waals surface area contributed by atoms with E-state index >= 15 is 0 Å². The normalized spacial score (nSPS) is 20.8. The number of hydrogen-bond acceptors (Lipinski definition) is 3. The summed E-state index contributed by atoms with van der Waals surface area (Å²) in [5.41, 5.74) is 0.233. The highest BCUT2D eigenvalue weighted by molar-refractivity contribution is 7.92. The van der Waals surface area contributed by atoms with Gasteiger partial charge in [-0.15, -0.1) is 0 Å². The van der Waals surface area contributed by atoms with Gasteiger partial charge in [0.15, 0.2) is 9.84 Å². The molecule has 3 rings (SSSR count). The van der Waals surface area contributed by atoms with Crippen molar-refractivity contribution in [3.8, 4) is 0 Å². The molecule has 1 aliphatic heterocycles. The maximum Gasteiger partial charge on any atom is 0.416 e. The molecule has 29 heavy (non-hydrogen) atoms. The zero-order valence-corrected chi connectivity index (χ0v) is 17.6. The second-order valence-corrected chi connectivity index (χ2v) is 10.1. The number of rotatable bonds is 4. The molecule has 0 saturated carbocycles. The summed E-state index contributed by atoms with van der Waals surface area (Å²) in [6.07, 6.45) is -4.65. The molecule has 2 unspecified atom stereocenters. The molecule has 8 heteroatoms. The summed E-state index contributed by atoms with van der Waals surface area (Å²) >= 11 is 5.90. The first-order valence-electron chi connectivity index (χ1n) is 9.32. The van der Waals surface area contributed by atoms with E-state index in [4.69, 9.17) is 16.3 Å². The van der Waals surface area contributed by atoms with Crippen LogP contribution in [0.1, 0.15) is 55.4 Å². The highest BCUT2D eigenvalue weighted by Gasteiger charge is 2.38. The van der Waals surface area contributed by atoms with E-state index in [1.807, 2.05) is 0 Å². The first kappa shape index (κ1) is 22.1. The third-order valence-corrected chi connectivity index (χ3v) is 7.71. The summed E-state index contributed by atoms with van der Waals surface area (Å²) < 4.78 is 72.2. The van der Waals surface area contributed by atoms with E-state index < -0.39 is 32.9 Å². The summed E-state index contributed by atoms with van der Waals surface area (Å²) in [6.45, 7) is 3.75. The zero-order valence-electron chi connectivity index (χ0n) is 16.0. The van der Waals surface area contributed by atoms with Gasteiger partial charge in [0.05, 0.1) is 21.8 Å². The molecular weight excluding hydrogens is 425 g/mol. The topological polar surface area (TPSA) is 43.4 Å². The largest absolute Gasteiger partial charge is 0.416 e. The Balaban J connectivity index is 1.98. The number of hydrogen-bond donors (Lipinski definition) is 0. The lowest BCUT2D eigenvalue weighted by atomic mass is 10.0. The van der Waals surface area contributed by atoms with Crippen molar-refractivity contribution in [2.24, 2.45) is 0 Å². The second kappa shape index (κ2) is 8.28. The van der Waals surface area contributed by atoms with E-state index in [1.165, 1.54) is 6.07 Å². The summed E-state index contributed by atoms with van der Waals surface area (Å²) in [7, 11) is -3.98. The minimum atomic E-state index is -4.61. The highest BCUT2D eigenvalue weighted by atomic mass is 35.5. The summed E-state index contributed by atoms with van der Waals surface area (Å²) in [5.74, 6) is -0.228. The molecule has 2 atom stereocenters. The fourth-order valence-corrected chi connectivity index (χ4v) is 5.81. The molecule has 2 aromatic rings. The van der Waals surface area contributed by atoms with Gasteiger partial charge in [-0.25, -0.2) is 8.42 Å². The van der Waals surface area contributed by atoms with Crippen LogP contribution in [0.5, 0.6) is 0 Å². The molecule has 2 aromatic carbocycles. The van der Waals surface area contributed by atoms with Gasteiger partial charge in [0.1, 0.15) is 0 Å². The molecule has 158 valence electrons. The third kappa shape index (κ3) is 4.78. The predicted octanol–water partition coefficient (Wildman–Crippen LogP) is 6.18. The van der Waals surface area contributed by atoms with Gasteiger partial charge in [0.2, 0.25) is 0 Å². The molecule has 1 aliphatic rings. The Morgan fingerprint density at radius 3 is 2.34 bits per heavy atom. The van der Waals surface area contributed by atoms with Crippen molar-refractivity contribution < 1.29 is 26.3 Å². The molecular formula is C21H22ClF3O3S. The summed E-state index contributed by atoms with van der Waals surface area (Å²) in [6, 6.07) is 9.92. The van der Waals surface area contributed by atoms with E-state index in [0.29, 0.717) is 10.6 Å². The molecule has 1 saturated heterocycles. The molecule has 1 fully saturated rings. The van der Waals surface area contributed by atoms with Crippen molar-refractivity contribution in [3.63, 3.8) is 0 Å². The zero-order chi connectivity index (χ0) is 21.4.